The quantitative estimate of drug-likeness (QED) is 0.759. The molecule has 104 valence electrons. The molecule has 0 radical (unpaired) electrons. The molecule has 0 fully saturated rings. The minimum atomic E-state index is -0.165. The molecule has 4 N–H and O–H groups in total. The maximum Gasteiger partial charge on any atom is 0.251 e. The molecule has 0 atom stereocenters. The van der Waals surface area contributed by atoms with Crippen molar-refractivity contribution in [1.29, 1.82) is 0 Å². The van der Waals surface area contributed by atoms with Gasteiger partial charge in [-0.3, -0.25) is 4.79 Å². The number of rotatable bonds is 3. The van der Waals surface area contributed by atoms with Crippen LogP contribution in [0.2, 0.25) is 5.02 Å². The highest BCUT2D eigenvalue weighted by molar-refractivity contribution is 6.30. The number of benzene rings is 2. The number of hydrogen-bond donors (Lipinski definition) is 3. The number of carbonyl (C=O) groups excluding carboxylic acids is 1. The lowest BCUT2D eigenvalue weighted by atomic mass is 10.1. The monoisotopic (exact) mass is 289 g/mol. The van der Waals surface area contributed by atoms with Crippen LogP contribution in [0.1, 0.15) is 15.9 Å². The number of nitrogens with one attached hydrogen (secondary N) is 2. The van der Waals surface area contributed by atoms with Crippen molar-refractivity contribution in [3.63, 3.8) is 0 Å². The summed E-state index contributed by atoms with van der Waals surface area (Å²) in [6.45, 7) is 1.98. The predicted octanol–water partition coefficient (Wildman–Crippen LogP) is 3.33. The summed E-state index contributed by atoms with van der Waals surface area (Å²) in [7, 11) is 1.58. The molecule has 0 aromatic heterocycles. The molecule has 0 aliphatic rings. The predicted molar refractivity (Wildman–Crippen MR) is 83.7 cm³/mol. The molecule has 0 bridgehead atoms. The molecular formula is C15H16ClN3O. The highest BCUT2D eigenvalue weighted by Gasteiger charge is 2.08. The van der Waals surface area contributed by atoms with E-state index in [4.69, 9.17) is 17.3 Å². The Hall–Kier alpha value is -2.20. The number of nitrogen functional groups attached to an aromatic ring is 1. The third kappa shape index (κ3) is 3.03. The van der Waals surface area contributed by atoms with Crippen molar-refractivity contribution in [1.82, 2.24) is 5.32 Å². The van der Waals surface area contributed by atoms with Crippen LogP contribution in [0.3, 0.4) is 0 Å². The summed E-state index contributed by atoms with van der Waals surface area (Å²) in [6, 6.07) is 10.7. The van der Waals surface area contributed by atoms with Crippen LogP contribution < -0.4 is 16.4 Å². The van der Waals surface area contributed by atoms with E-state index in [2.05, 4.69) is 10.6 Å². The number of anilines is 3. The maximum absolute atomic E-state index is 11.5. The Morgan fingerprint density at radius 1 is 1.15 bits per heavy atom. The van der Waals surface area contributed by atoms with Crippen molar-refractivity contribution in [3.8, 4) is 0 Å². The minimum Gasteiger partial charge on any atom is -0.397 e. The topological polar surface area (TPSA) is 67.2 Å². The molecule has 0 spiro atoms. The molecule has 4 nitrogen and oxygen atoms in total. The van der Waals surface area contributed by atoms with Crippen LogP contribution in [-0.4, -0.2) is 13.0 Å². The Morgan fingerprint density at radius 3 is 2.55 bits per heavy atom. The van der Waals surface area contributed by atoms with Crippen molar-refractivity contribution in [3.05, 3.63) is 52.5 Å². The fourth-order valence-corrected chi connectivity index (χ4v) is 2.01. The van der Waals surface area contributed by atoms with E-state index in [9.17, 15) is 4.79 Å². The van der Waals surface area contributed by atoms with Crippen molar-refractivity contribution in [2.24, 2.45) is 0 Å². The number of nitrogens with two attached hydrogens (primary N) is 1. The average Bonchev–Trinajstić information content (AvgIpc) is 2.44. The molecule has 0 saturated heterocycles. The molecule has 2 rings (SSSR count). The first-order valence-corrected chi connectivity index (χ1v) is 6.54. The third-order valence-corrected chi connectivity index (χ3v) is 3.24. The molecule has 5 heteroatoms. The molecule has 20 heavy (non-hydrogen) atoms. The molecular weight excluding hydrogens is 274 g/mol. The number of amides is 1. The summed E-state index contributed by atoms with van der Waals surface area (Å²) in [5.74, 6) is -0.165. The molecule has 0 unspecified atom stereocenters. The molecule has 0 saturated carbocycles. The maximum atomic E-state index is 11.5. The highest BCUT2D eigenvalue weighted by Crippen LogP contribution is 2.28. The Bertz CT molecular complexity index is 656. The fraction of sp³-hybridized carbons (Fsp3) is 0.133. The smallest absolute Gasteiger partial charge is 0.251 e. The van der Waals surface area contributed by atoms with Gasteiger partial charge in [-0.2, -0.15) is 0 Å². The fourth-order valence-electron chi connectivity index (χ4n) is 1.84. The number of aryl methyl sites for hydroxylation is 1. The van der Waals surface area contributed by atoms with E-state index in [1.54, 1.807) is 25.2 Å². The molecule has 2 aromatic rings. The van der Waals surface area contributed by atoms with Gasteiger partial charge in [-0.15, -0.1) is 0 Å². The first kappa shape index (κ1) is 14.2. The molecule has 1 amide bonds. The van der Waals surface area contributed by atoms with E-state index < -0.39 is 0 Å². The van der Waals surface area contributed by atoms with Crippen LogP contribution in [0.4, 0.5) is 17.1 Å². The number of hydrogen-bond acceptors (Lipinski definition) is 3. The van der Waals surface area contributed by atoms with Gasteiger partial charge in [-0.25, -0.2) is 0 Å². The zero-order valence-corrected chi connectivity index (χ0v) is 12.1. The Kier molecular flexibility index (Phi) is 4.15. The summed E-state index contributed by atoms with van der Waals surface area (Å²) in [5.41, 5.74) is 9.69. The van der Waals surface area contributed by atoms with Gasteiger partial charge in [0, 0.05) is 23.3 Å². The van der Waals surface area contributed by atoms with Gasteiger partial charge >= 0.3 is 0 Å². The molecule has 0 aliphatic heterocycles. The number of halogens is 1. The van der Waals surface area contributed by atoms with Crippen molar-refractivity contribution in [2.45, 2.75) is 6.92 Å². The summed E-state index contributed by atoms with van der Waals surface area (Å²) in [6.07, 6.45) is 0. The lowest BCUT2D eigenvalue weighted by Crippen LogP contribution is -2.18. The summed E-state index contributed by atoms with van der Waals surface area (Å²) in [4.78, 5) is 11.5. The van der Waals surface area contributed by atoms with Crippen LogP contribution in [0, 0.1) is 6.92 Å². The lowest BCUT2D eigenvalue weighted by molar-refractivity contribution is 0.0963. The van der Waals surface area contributed by atoms with Crippen LogP contribution in [0.15, 0.2) is 36.4 Å². The molecule has 0 aliphatic carbocycles. The van der Waals surface area contributed by atoms with Crippen molar-refractivity contribution < 1.29 is 4.79 Å². The van der Waals surface area contributed by atoms with E-state index in [0.29, 0.717) is 16.3 Å². The summed E-state index contributed by atoms with van der Waals surface area (Å²) in [5, 5.41) is 6.44. The van der Waals surface area contributed by atoms with Crippen LogP contribution >= 0.6 is 11.6 Å². The number of carbonyl (C=O) groups is 1. The molecule has 0 heterocycles. The van der Waals surface area contributed by atoms with Gasteiger partial charge in [-0.05, 0) is 42.8 Å². The van der Waals surface area contributed by atoms with E-state index in [0.717, 1.165) is 16.9 Å². The largest absolute Gasteiger partial charge is 0.397 e. The SMILES string of the molecule is CNC(=O)c1ccc(Nc2cc(Cl)ccc2C)c(N)c1. The zero-order valence-electron chi connectivity index (χ0n) is 11.3. The molecule has 2 aromatic carbocycles. The van der Waals surface area contributed by atoms with Gasteiger partial charge < -0.3 is 16.4 Å². The Balaban J connectivity index is 2.30. The highest BCUT2D eigenvalue weighted by atomic mass is 35.5. The second kappa shape index (κ2) is 5.84. The Morgan fingerprint density at radius 2 is 1.90 bits per heavy atom. The zero-order chi connectivity index (χ0) is 14.7. The summed E-state index contributed by atoms with van der Waals surface area (Å²) >= 11 is 5.98. The van der Waals surface area contributed by atoms with Gasteiger partial charge in [-0.1, -0.05) is 17.7 Å². The lowest BCUT2D eigenvalue weighted by Gasteiger charge is -2.13. The van der Waals surface area contributed by atoms with Crippen LogP contribution in [0.5, 0.6) is 0 Å². The van der Waals surface area contributed by atoms with Gasteiger partial charge in [0.2, 0.25) is 0 Å². The van der Waals surface area contributed by atoms with Crippen LogP contribution in [-0.2, 0) is 0 Å². The second-order valence-corrected chi connectivity index (χ2v) is 4.90. The summed E-state index contributed by atoms with van der Waals surface area (Å²) < 4.78 is 0. The van der Waals surface area contributed by atoms with E-state index >= 15 is 0 Å². The second-order valence-electron chi connectivity index (χ2n) is 4.47. The normalized spacial score (nSPS) is 10.2. The van der Waals surface area contributed by atoms with Gasteiger partial charge in [0.1, 0.15) is 0 Å². The van der Waals surface area contributed by atoms with Gasteiger partial charge in [0.05, 0.1) is 11.4 Å². The van der Waals surface area contributed by atoms with Crippen molar-refractivity contribution in [2.75, 3.05) is 18.1 Å². The van der Waals surface area contributed by atoms with E-state index in [-0.39, 0.29) is 5.91 Å². The van der Waals surface area contributed by atoms with Crippen molar-refractivity contribution >= 4 is 34.6 Å². The Labute approximate surface area is 122 Å². The minimum absolute atomic E-state index is 0.165. The van der Waals surface area contributed by atoms with E-state index in [1.165, 1.54) is 0 Å². The van der Waals surface area contributed by atoms with Gasteiger partial charge in [0.25, 0.3) is 5.91 Å². The third-order valence-electron chi connectivity index (χ3n) is 3.01. The standard InChI is InChI=1S/C15H16ClN3O/c1-9-3-5-11(16)8-14(9)19-13-6-4-10(7-12(13)17)15(20)18-2/h3-8,19H,17H2,1-2H3,(H,18,20). The van der Waals surface area contributed by atoms with Gasteiger partial charge in [0.15, 0.2) is 0 Å². The first-order valence-electron chi connectivity index (χ1n) is 6.16. The average molecular weight is 290 g/mol. The van der Waals surface area contributed by atoms with E-state index in [1.807, 2.05) is 25.1 Å². The first-order chi connectivity index (χ1) is 9.51. The van der Waals surface area contributed by atoms with Crippen LogP contribution in [0.25, 0.3) is 0 Å².